The highest BCUT2D eigenvalue weighted by Crippen LogP contribution is 2.26. The summed E-state index contributed by atoms with van der Waals surface area (Å²) < 4.78 is 5.42. The molecule has 1 aliphatic heterocycles. The predicted molar refractivity (Wildman–Crippen MR) is 92.8 cm³/mol. The number of hydrogen-bond donors (Lipinski definition) is 0. The molecule has 0 aliphatic carbocycles. The number of aromatic nitrogens is 2. The Bertz CT molecular complexity index is 604. The van der Waals surface area contributed by atoms with Gasteiger partial charge in [0.1, 0.15) is 10.8 Å². The molecule has 0 atom stereocenters. The molecule has 1 fully saturated rings. The van der Waals surface area contributed by atoms with E-state index in [0.29, 0.717) is 0 Å². The number of benzene rings is 1. The molecule has 2 aromatic rings. The highest BCUT2D eigenvalue weighted by molar-refractivity contribution is 7.99. The standard InChI is InChI=1S/C16H19N3OS2/c1-21-15-11-14(19-7-9-20-10-8-19)17-16(18-15)22-12-13-5-3-2-4-6-13/h2-6,11H,7-10,12H2,1H3. The van der Waals surface area contributed by atoms with E-state index < -0.39 is 0 Å². The minimum absolute atomic E-state index is 0.769. The van der Waals surface area contributed by atoms with Crippen LogP contribution in [0, 0.1) is 0 Å². The Balaban J connectivity index is 1.75. The number of thioether (sulfide) groups is 2. The molecule has 116 valence electrons. The number of hydrogen-bond acceptors (Lipinski definition) is 6. The van der Waals surface area contributed by atoms with E-state index in [1.807, 2.05) is 6.07 Å². The maximum Gasteiger partial charge on any atom is 0.190 e. The van der Waals surface area contributed by atoms with Crippen LogP contribution in [0.2, 0.25) is 0 Å². The molecule has 6 heteroatoms. The van der Waals surface area contributed by atoms with Crippen LogP contribution in [0.4, 0.5) is 5.82 Å². The van der Waals surface area contributed by atoms with Crippen molar-refractivity contribution < 1.29 is 4.74 Å². The summed E-state index contributed by atoms with van der Waals surface area (Å²) in [4.78, 5) is 11.6. The summed E-state index contributed by atoms with van der Waals surface area (Å²) in [6.07, 6.45) is 2.05. The Morgan fingerprint density at radius 3 is 2.64 bits per heavy atom. The molecule has 1 saturated heterocycles. The van der Waals surface area contributed by atoms with Gasteiger partial charge in [0.05, 0.1) is 13.2 Å². The number of rotatable bonds is 5. The molecule has 1 aromatic carbocycles. The number of anilines is 1. The molecule has 2 heterocycles. The molecule has 3 rings (SSSR count). The number of ether oxygens (including phenoxy) is 1. The van der Waals surface area contributed by atoms with Gasteiger partial charge in [0.15, 0.2) is 5.16 Å². The third-order valence-corrected chi connectivity index (χ3v) is 4.97. The van der Waals surface area contributed by atoms with Crippen LogP contribution in [0.3, 0.4) is 0 Å². The molecule has 0 bridgehead atoms. The second-order valence-electron chi connectivity index (χ2n) is 4.92. The van der Waals surface area contributed by atoms with E-state index in [0.717, 1.165) is 48.1 Å². The topological polar surface area (TPSA) is 38.2 Å². The Morgan fingerprint density at radius 2 is 1.91 bits per heavy atom. The number of nitrogens with zero attached hydrogens (tertiary/aromatic N) is 3. The van der Waals surface area contributed by atoms with Crippen LogP contribution >= 0.6 is 23.5 Å². The van der Waals surface area contributed by atoms with Crippen LogP contribution in [0.25, 0.3) is 0 Å². The van der Waals surface area contributed by atoms with Crippen molar-refractivity contribution in [3.63, 3.8) is 0 Å². The van der Waals surface area contributed by atoms with Gasteiger partial charge >= 0.3 is 0 Å². The van der Waals surface area contributed by atoms with Crippen molar-refractivity contribution in [1.29, 1.82) is 0 Å². The largest absolute Gasteiger partial charge is 0.378 e. The van der Waals surface area contributed by atoms with Crippen LogP contribution < -0.4 is 4.90 Å². The molecule has 0 spiro atoms. The monoisotopic (exact) mass is 333 g/mol. The zero-order chi connectivity index (χ0) is 15.2. The quantitative estimate of drug-likeness (QED) is 0.475. The van der Waals surface area contributed by atoms with Crippen LogP contribution in [-0.4, -0.2) is 42.5 Å². The van der Waals surface area contributed by atoms with Gasteiger partial charge in [-0.2, -0.15) is 0 Å². The third kappa shape index (κ3) is 4.15. The van der Waals surface area contributed by atoms with Gasteiger partial charge in [0.25, 0.3) is 0 Å². The smallest absolute Gasteiger partial charge is 0.190 e. The van der Waals surface area contributed by atoms with Crippen molar-refractivity contribution in [3.05, 3.63) is 42.0 Å². The summed E-state index contributed by atoms with van der Waals surface area (Å²) in [5, 5.41) is 1.87. The van der Waals surface area contributed by atoms with E-state index in [1.54, 1.807) is 23.5 Å². The van der Waals surface area contributed by atoms with E-state index >= 15 is 0 Å². The first-order valence-electron chi connectivity index (χ1n) is 7.27. The van der Waals surface area contributed by atoms with E-state index in [4.69, 9.17) is 9.72 Å². The molecule has 1 aromatic heterocycles. The zero-order valence-electron chi connectivity index (χ0n) is 12.6. The molecule has 0 saturated carbocycles. The average Bonchev–Trinajstić information content (AvgIpc) is 2.61. The van der Waals surface area contributed by atoms with E-state index in [1.165, 1.54) is 5.56 Å². The first-order chi connectivity index (χ1) is 10.8. The predicted octanol–water partition coefficient (Wildman–Crippen LogP) is 3.33. The fourth-order valence-electron chi connectivity index (χ4n) is 2.24. The minimum Gasteiger partial charge on any atom is -0.378 e. The van der Waals surface area contributed by atoms with Gasteiger partial charge in [-0.1, -0.05) is 42.1 Å². The maximum atomic E-state index is 5.42. The fraction of sp³-hybridized carbons (Fsp3) is 0.375. The molecular formula is C16H19N3OS2. The molecule has 0 radical (unpaired) electrons. The van der Waals surface area contributed by atoms with Crippen molar-refractivity contribution in [2.24, 2.45) is 0 Å². The zero-order valence-corrected chi connectivity index (χ0v) is 14.2. The summed E-state index contributed by atoms with van der Waals surface area (Å²) in [6.45, 7) is 3.33. The van der Waals surface area contributed by atoms with Crippen molar-refractivity contribution in [3.8, 4) is 0 Å². The average molecular weight is 333 g/mol. The first kappa shape index (κ1) is 15.6. The Labute approximate surface area is 139 Å². The number of morpholine rings is 1. The fourth-order valence-corrected chi connectivity index (χ4v) is 3.51. The Kier molecular flexibility index (Phi) is 5.58. The van der Waals surface area contributed by atoms with Gasteiger partial charge in [0, 0.05) is 24.9 Å². The van der Waals surface area contributed by atoms with E-state index in [2.05, 4.69) is 46.5 Å². The minimum atomic E-state index is 0.769. The summed E-state index contributed by atoms with van der Waals surface area (Å²) in [6, 6.07) is 12.5. The lowest BCUT2D eigenvalue weighted by atomic mass is 10.2. The maximum absolute atomic E-state index is 5.42. The molecule has 0 amide bonds. The van der Waals surface area contributed by atoms with E-state index in [9.17, 15) is 0 Å². The summed E-state index contributed by atoms with van der Waals surface area (Å²) in [7, 11) is 0. The second kappa shape index (κ2) is 7.85. The molecule has 0 unspecified atom stereocenters. The molecule has 4 nitrogen and oxygen atoms in total. The van der Waals surface area contributed by atoms with Crippen LogP contribution in [0.1, 0.15) is 5.56 Å². The van der Waals surface area contributed by atoms with Crippen molar-refractivity contribution in [2.75, 3.05) is 37.5 Å². The molecule has 22 heavy (non-hydrogen) atoms. The molecule has 1 aliphatic rings. The summed E-state index contributed by atoms with van der Waals surface area (Å²) in [5.74, 6) is 1.90. The van der Waals surface area contributed by atoms with Gasteiger partial charge in [-0.05, 0) is 11.8 Å². The normalized spacial score (nSPS) is 15.0. The Morgan fingerprint density at radius 1 is 1.14 bits per heavy atom. The van der Waals surface area contributed by atoms with Crippen LogP contribution in [0.15, 0.2) is 46.6 Å². The highest BCUT2D eigenvalue weighted by Gasteiger charge is 2.15. The van der Waals surface area contributed by atoms with Gasteiger partial charge in [0.2, 0.25) is 0 Å². The van der Waals surface area contributed by atoms with Crippen molar-refractivity contribution in [2.45, 2.75) is 15.9 Å². The van der Waals surface area contributed by atoms with E-state index in [-0.39, 0.29) is 0 Å². The lowest BCUT2D eigenvalue weighted by Crippen LogP contribution is -2.36. The Hall–Kier alpha value is -1.24. The first-order valence-corrected chi connectivity index (χ1v) is 9.48. The highest BCUT2D eigenvalue weighted by atomic mass is 32.2. The molecule has 0 N–H and O–H groups in total. The van der Waals surface area contributed by atoms with Gasteiger partial charge in [-0.15, -0.1) is 11.8 Å². The SMILES string of the molecule is CSc1cc(N2CCOCC2)nc(SCc2ccccc2)n1. The van der Waals surface area contributed by atoms with Gasteiger partial charge in [-0.25, -0.2) is 9.97 Å². The van der Waals surface area contributed by atoms with Crippen LogP contribution in [0.5, 0.6) is 0 Å². The third-order valence-electron chi connectivity index (χ3n) is 3.42. The van der Waals surface area contributed by atoms with Crippen molar-refractivity contribution >= 4 is 29.3 Å². The van der Waals surface area contributed by atoms with Crippen LogP contribution in [-0.2, 0) is 10.5 Å². The van der Waals surface area contributed by atoms with Gasteiger partial charge in [-0.3, -0.25) is 0 Å². The summed E-state index contributed by atoms with van der Waals surface area (Å²) in [5.41, 5.74) is 1.29. The molecular weight excluding hydrogens is 314 g/mol. The van der Waals surface area contributed by atoms with Gasteiger partial charge < -0.3 is 9.64 Å². The lowest BCUT2D eigenvalue weighted by Gasteiger charge is -2.28. The lowest BCUT2D eigenvalue weighted by molar-refractivity contribution is 0.122. The van der Waals surface area contributed by atoms with Crippen molar-refractivity contribution in [1.82, 2.24) is 9.97 Å². The summed E-state index contributed by atoms with van der Waals surface area (Å²) >= 11 is 3.35. The second-order valence-corrected chi connectivity index (χ2v) is 6.69.